The number of hydrogen-bond donors (Lipinski definition) is 1. The van der Waals surface area contributed by atoms with Crippen molar-refractivity contribution in [2.24, 2.45) is 5.92 Å². The van der Waals surface area contributed by atoms with Crippen molar-refractivity contribution in [3.63, 3.8) is 0 Å². The van der Waals surface area contributed by atoms with Gasteiger partial charge in [-0.25, -0.2) is 0 Å². The van der Waals surface area contributed by atoms with Gasteiger partial charge in [-0.1, -0.05) is 12.1 Å². The molecule has 1 aliphatic heterocycles. The second-order valence-electron chi connectivity index (χ2n) is 6.00. The molecule has 1 aromatic carbocycles. The molecule has 1 aromatic rings. The third-order valence-electron chi connectivity index (χ3n) is 3.88. The van der Waals surface area contributed by atoms with Crippen LogP contribution in [0, 0.1) is 5.92 Å². The molecule has 2 amide bonds. The number of benzene rings is 1. The van der Waals surface area contributed by atoms with E-state index >= 15 is 0 Å². The lowest BCUT2D eigenvalue weighted by Gasteiger charge is -2.18. The first-order valence-electron chi connectivity index (χ1n) is 8.11. The van der Waals surface area contributed by atoms with Crippen LogP contribution in [0.15, 0.2) is 24.3 Å². The van der Waals surface area contributed by atoms with Gasteiger partial charge in [-0.3, -0.25) is 9.59 Å². The highest BCUT2D eigenvalue weighted by Crippen LogP contribution is 2.24. The van der Waals surface area contributed by atoms with E-state index in [0.717, 1.165) is 5.56 Å². The number of hydrogen-bond acceptors (Lipinski definition) is 4. The minimum Gasteiger partial charge on any atom is -0.491 e. The lowest BCUT2D eigenvalue weighted by atomic mass is 10.1. The summed E-state index contributed by atoms with van der Waals surface area (Å²) in [6.45, 7) is -0.498. The number of amides is 2. The standard InChI is InChI=1S/C17H21F3N2O4/c1-25-5-6-26-14-4-2-3-12(7-14)9-21-16(24)13-8-15(23)22(10-13)11-17(18,19)20/h2-4,7,13H,5-6,8-11H2,1H3,(H,21,24). The number of nitrogens with one attached hydrogen (secondary N) is 1. The van der Waals surface area contributed by atoms with Crippen molar-refractivity contribution in [1.82, 2.24) is 10.2 Å². The Balaban J connectivity index is 1.83. The Bertz CT molecular complexity index is 637. The van der Waals surface area contributed by atoms with E-state index in [0.29, 0.717) is 23.9 Å². The van der Waals surface area contributed by atoms with Crippen LogP contribution in [0.5, 0.6) is 5.75 Å². The molecule has 0 saturated carbocycles. The van der Waals surface area contributed by atoms with Crippen LogP contribution >= 0.6 is 0 Å². The van der Waals surface area contributed by atoms with Gasteiger partial charge in [-0.05, 0) is 17.7 Å². The summed E-state index contributed by atoms with van der Waals surface area (Å²) in [5.74, 6) is -1.24. The van der Waals surface area contributed by atoms with Crippen molar-refractivity contribution in [2.45, 2.75) is 19.1 Å². The van der Waals surface area contributed by atoms with Gasteiger partial charge in [0.1, 0.15) is 18.9 Å². The van der Waals surface area contributed by atoms with Gasteiger partial charge in [0.15, 0.2) is 0 Å². The Morgan fingerprint density at radius 3 is 2.81 bits per heavy atom. The maximum atomic E-state index is 12.4. The van der Waals surface area contributed by atoms with Gasteiger partial charge in [-0.2, -0.15) is 13.2 Å². The van der Waals surface area contributed by atoms with Crippen LogP contribution in [-0.4, -0.2) is 56.3 Å². The van der Waals surface area contributed by atoms with Gasteiger partial charge in [0.2, 0.25) is 11.8 Å². The molecule has 0 radical (unpaired) electrons. The van der Waals surface area contributed by atoms with Crippen molar-refractivity contribution < 1.29 is 32.2 Å². The maximum Gasteiger partial charge on any atom is 0.406 e. The first-order chi connectivity index (χ1) is 12.3. The number of carbonyl (C=O) groups excluding carboxylic acids is 2. The molecule has 1 aliphatic rings. The third-order valence-corrected chi connectivity index (χ3v) is 3.88. The topological polar surface area (TPSA) is 67.9 Å². The fourth-order valence-electron chi connectivity index (χ4n) is 2.64. The average molecular weight is 374 g/mol. The van der Waals surface area contributed by atoms with Crippen LogP contribution in [0.4, 0.5) is 13.2 Å². The number of methoxy groups -OCH3 is 1. The Kier molecular flexibility index (Phi) is 6.84. The van der Waals surface area contributed by atoms with Crippen LogP contribution in [0.1, 0.15) is 12.0 Å². The summed E-state index contributed by atoms with van der Waals surface area (Å²) >= 11 is 0. The number of carbonyl (C=O) groups is 2. The number of nitrogens with zero attached hydrogens (tertiary/aromatic N) is 1. The van der Waals surface area contributed by atoms with E-state index < -0.39 is 30.5 Å². The molecule has 144 valence electrons. The van der Waals surface area contributed by atoms with Crippen molar-refractivity contribution >= 4 is 11.8 Å². The van der Waals surface area contributed by atoms with Crippen molar-refractivity contribution in [2.75, 3.05) is 33.4 Å². The second kappa shape index (κ2) is 8.88. The number of ether oxygens (including phenoxy) is 2. The SMILES string of the molecule is COCCOc1cccc(CNC(=O)C2CC(=O)N(CC(F)(F)F)C2)c1. The number of rotatable bonds is 8. The fourth-order valence-corrected chi connectivity index (χ4v) is 2.64. The molecular formula is C17H21F3N2O4. The zero-order valence-electron chi connectivity index (χ0n) is 14.3. The Hall–Kier alpha value is -2.29. The summed E-state index contributed by atoms with van der Waals surface area (Å²) in [6, 6.07) is 7.09. The lowest BCUT2D eigenvalue weighted by Crippen LogP contribution is -2.37. The van der Waals surface area contributed by atoms with Crippen molar-refractivity contribution in [3.8, 4) is 5.75 Å². The first-order valence-corrected chi connectivity index (χ1v) is 8.11. The molecule has 1 fully saturated rings. The van der Waals surface area contributed by atoms with Crippen molar-refractivity contribution in [3.05, 3.63) is 29.8 Å². The molecule has 0 bridgehead atoms. The molecule has 26 heavy (non-hydrogen) atoms. The molecule has 1 atom stereocenters. The normalized spacial score (nSPS) is 17.5. The molecule has 2 rings (SSSR count). The number of alkyl halides is 3. The van der Waals surface area contributed by atoms with Gasteiger partial charge in [0, 0.05) is 26.6 Å². The van der Waals surface area contributed by atoms with E-state index in [9.17, 15) is 22.8 Å². The Labute approximate surface area is 149 Å². The molecule has 0 aliphatic carbocycles. The van der Waals surface area contributed by atoms with Gasteiger partial charge in [-0.15, -0.1) is 0 Å². The van der Waals surface area contributed by atoms with E-state index in [-0.39, 0.29) is 19.5 Å². The minimum absolute atomic E-state index is 0.199. The summed E-state index contributed by atoms with van der Waals surface area (Å²) < 4.78 is 47.6. The number of likely N-dealkylation sites (tertiary alicyclic amines) is 1. The second-order valence-corrected chi connectivity index (χ2v) is 6.00. The van der Waals surface area contributed by atoms with E-state index in [2.05, 4.69) is 5.32 Å². The molecule has 0 spiro atoms. The zero-order valence-corrected chi connectivity index (χ0v) is 14.3. The molecule has 1 heterocycles. The molecule has 0 aromatic heterocycles. The molecule has 1 N–H and O–H groups in total. The van der Waals surface area contributed by atoms with Gasteiger partial charge >= 0.3 is 6.18 Å². The Morgan fingerprint density at radius 1 is 1.35 bits per heavy atom. The van der Waals surface area contributed by atoms with Crippen LogP contribution < -0.4 is 10.1 Å². The number of halogens is 3. The highest BCUT2D eigenvalue weighted by atomic mass is 19.4. The van der Waals surface area contributed by atoms with Gasteiger partial charge < -0.3 is 19.7 Å². The predicted molar refractivity (Wildman–Crippen MR) is 86.4 cm³/mol. The molecule has 1 unspecified atom stereocenters. The van der Waals surface area contributed by atoms with Crippen LogP contribution in [0.2, 0.25) is 0 Å². The van der Waals surface area contributed by atoms with Crippen LogP contribution in [0.25, 0.3) is 0 Å². The minimum atomic E-state index is -4.47. The third kappa shape index (κ3) is 6.21. The van der Waals surface area contributed by atoms with Gasteiger partial charge in [0.05, 0.1) is 12.5 Å². The summed E-state index contributed by atoms with van der Waals surface area (Å²) in [5.41, 5.74) is 0.782. The Morgan fingerprint density at radius 2 is 2.12 bits per heavy atom. The fraction of sp³-hybridized carbons (Fsp3) is 0.529. The van der Waals surface area contributed by atoms with Crippen molar-refractivity contribution in [1.29, 1.82) is 0 Å². The van der Waals surface area contributed by atoms with E-state index in [1.54, 1.807) is 31.4 Å². The monoisotopic (exact) mass is 374 g/mol. The summed E-state index contributed by atoms with van der Waals surface area (Å²) in [6.07, 6.45) is -4.67. The maximum absolute atomic E-state index is 12.4. The highest BCUT2D eigenvalue weighted by molar-refractivity contribution is 5.89. The zero-order chi connectivity index (χ0) is 19.2. The average Bonchev–Trinajstić information content (AvgIpc) is 2.92. The van der Waals surface area contributed by atoms with Gasteiger partial charge in [0.25, 0.3) is 0 Å². The summed E-state index contributed by atoms with van der Waals surface area (Å²) in [7, 11) is 1.57. The van der Waals surface area contributed by atoms with Crippen LogP contribution in [0.3, 0.4) is 0 Å². The molecular weight excluding hydrogens is 353 g/mol. The highest BCUT2D eigenvalue weighted by Gasteiger charge is 2.40. The lowest BCUT2D eigenvalue weighted by molar-refractivity contribution is -0.157. The molecule has 6 nitrogen and oxygen atoms in total. The van der Waals surface area contributed by atoms with E-state index in [1.165, 1.54) is 0 Å². The molecule has 9 heteroatoms. The largest absolute Gasteiger partial charge is 0.491 e. The predicted octanol–water partition coefficient (Wildman–Crippen LogP) is 1.74. The summed E-state index contributed by atoms with van der Waals surface area (Å²) in [4.78, 5) is 24.5. The van der Waals surface area contributed by atoms with E-state index in [4.69, 9.17) is 9.47 Å². The summed E-state index contributed by atoms with van der Waals surface area (Å²) in [5, 5.41) is 2.66. The van der Waals surface area contributed by atoms with E-state index in [1.807, 2.05) is 0 Å². The molecule has 1 saturated heterocycles. The first kappa shape index (κ1) is 20.0. The quantitative estimate of drug-likeness (QED) is 0.704. The smallest absolute Gasteiger partial charge is 0.406 e. The van der Waals surface area contributed by atoms with Crippen LogP contribution in [-0.2, 0) is 20.9 Å².